The van der Waals surface area contributed by atoms with Crippen LogP contribution in [0.5, 0.6) is 5.75 Å². The lowest BCUT2D eigenvalue weighted by Gasteiger charge is -2.02. The molecule has 0 bridgehead atoms. The first-order valence-corrected chi connectivity index (χ1v) is 10.7. The number of amides is 1. The summed E-state index contributed by atoms with van der Waals surface area (Å²) in [5.74, 6) is 1.77. The van der Waals surface area contributed by atoms with Gasteiger partial charge in [0.15, 0.2) is 0 Å². The number of nitrogens with zero attached hydrogens (tertiary/aromatic N) is 4. The number of hydrogen-bond donors (Lipinski definition) is 1. The highest BCUT2D eigenvalue weighted by atomic mass is 32.1. The van der Waals surface area contributed by atoms with Crippen molar-refractivity contribution in [2.24, 2.45) is 0 Å². The van der Waals surface area contributed by atoms with E-state index >= 15 is 0 Å². The zero-order chi connectivity index (χ0) is 21.5. The zero-order valence-electron chi connectivity index (χ0n) is 16.9. The Morgan fingerprint density at radius 2 is 1.90 bits per heavy atom. The molecule has 1 amide bonds. The Hall–Kier alpha value is -3.59. The second kappa shape index (κ2) is 9.94. The summed E-state index contributed by atoms with van der Waals surface area (Å²) in [6, 6.07) is 11.3. The number of nitrogens with one attached hydrogen (secondary N) is 1. The van der Waals surface area contributed by atoms with E-state index in [1.54, 1.807) is 19.5 Å². The molecule has 0 unspecified atom stereocenters. The lowest BCUT2D eigenvalue weighted by atomic mass is 10.2. The predicted molar refractivity (Wildman–Crippen MR) is 116 cm³/mol. The molecule has 0 aliphatic heterocycles. The summed E-state index contributed by atoms with van der Waals surface area (Å²) in [6.45, 7) is 0.413. The SMILES string of the molecule is COc1ccc(-c2noc(CCCC(=O)NCc3nc(-c4ccncc4)cs3)n2)cc1. The van der Waals surface area contributed by atoms with Crippen LogP contribution in [0.4, 0.5) is 0 Å². The number of hydrogen-bond acceptors (Lipinski definition) is 8. The summed E-state index contributed by atoms with van der Waals surface area (Å²) in [7, 11) is 1.62. The number of carbonyl (C=O) groups excluding carboxylic acids is 1. The van der Waals surface area contributed by atoms with Crippen LogP contribution >= 0.6 is 11.3 Å². The highest BCUT2D eigenvalue weighted by Gasteiger charge is 2.11. The van der Waals surface area contributed by atoms with Gasteiger partial charge in [-0.2, -0.15) is 4.98 Å². The van der Waals surface area contributed by atoms with E-state index in [1.807, 2.05) is 41.8 Å². The number of aromatic nitrogens is 4. The van der Waals surface area contributed by atoms with Crippen molar-refractivity contribution in [3.05, 3.63) is 65.1 Å². The van der Waals surface area contributed by atoms with Gasteiger partial charge in [0.05, 0.1) is 19.3 Å². The van der Waals surface area contributed by atoms with Gasteiger partial charge in [0.2, 0.25) is 17.6 Å². The van der Waals surface area contributed by atoms with Gasteiger partial charge in [0.25, 0.3) is 0 Å². The smallest absolute Gasteiger partial charge is 0.226 e. The van der Waals surface area contributed by atoms with Crippen molar-refractivity contribution < 1.29 is 14.1 Å². The number of benzene rings is 1. The van der Waals surface area contributed by atoms with E-state index in [0.29, 0.717) is 37.5 Å². The lowest BCUT2D eigenvalue weighted by Crippen LogP contribution is -2.22. The number of aryl methyl sites for hydroxylation is 1. The van der Waals surface area contributed by atoms with E-state index < -0.39 is 0 Å². The standard InChI is InChI=1S/C22H21N5O3S/c1-29-17-7-5-16(6-8-17)22-26-20(30-27-22)4-2-3-19(28)24-13-21-25-18(14-31-21)15-9-11-23-12-10-15/h5-12,14H,2-4,13H2,1H3,(H,24,28). The van der Waals surface area contributed by atoms with Crippen molar-refractivity contribution in [1.82, 2.24) is 25.4 Å². The fourth-order valence-corrected chi connectivity index (χ4v) is 3.67. The highest BCUT2D eigenvalue weighted by Crippen LogP contribution is 2.21. The summed E-state index contributed by atoms with van der Waals surface area (Å²) < 4.78 is 10.4. The first kappa shape index (κ1) is 20.7. The minimum atomic E-state index is -0.0319. The highest BCUT2D eigenvalue weighted by molar-refractivity contribution is 7.09. The Kier molecular flexibility index (Phi) is 6.63. The van der Waals surface area contributed by atoms with Crippen molar-refractivity contribution in [1.29, 1.82) is 0 Å². The molecule has 0 radical (unpaired) electrons. The summed E-state index contributed by atoms with van der Waals surface area (Å²) in [5.41, 5.74) is 2.75. The fourth-order valence-electron chi connectivity index (χ4n) is 2.92. The quantitative estimate of drug-likeness (QED) is 0.425. The molecular weight excluding hydrogens is 414 g/mol. The molecule has 0 fully saturated rings. The van der Waals surface area contributed by atoms with Gasteiger partial charge in [-0.25, -0.2) is 4.98 Å². The largest absolute Gasteiger partial charge is 0.497 e. The zero-order valence-corrected chi connectivity index (χ0v) is 17.8. The van der Waals surface area contributed by atoms with Crippen LogP contribution in [0.15, 0.2) is 58.7 Å². The second-order valence-corrected chi connectivity index (χ2v) is 7.68. The van der Waals surface area contributed by atoms with Gasteiger partial charge in [-0.15, -0.1) is 11.3 Å². The molecule has 158 valence electrons. The molecule has 0 saturated heterocycles. The molecule has 0 aliphatic rings. The summed E-state index contributed by atoms with van der Waals surface area (Å²) >= 11 is 1.52. The van der Waals surface area contributed by atoms with E-state index in [9.17, 15) is 4.79 Å². The number of thiazole rings is 1. The Morgan fingerprint density at radius 1 is 1.10 bits per heavy atom. The van der Waals surface area contributed by atoms with Crippen LogP contribution in [-0.4, -0.2) is 33.1 Å². The number of ether oxygens (including phenoxy) is 1. The predicted octanol–water partition coefficient (Wildman–Crippen LogP) is 3.90. The second-order valence-electron chi connectivity index (χ2n) is 6.73. The normalized spacial score (nSPS) is 10.7. The monoisotopic (exact) mass is 435 g/mol. The topological polar surface area (TPSA) is 103 Å². The van der Waals surface area contributed by atoms with E-state index in [0.717, 1.165) is 27.6 Å². The van der Waals surface area contributed by atoms with Crippen LogP contribution in [0.1, 0.15) is 23.7 Å². The molecule has 0 atom stereocenters. The van der Waals surface area contributed by atoms with Crippen LogP contribution in [0.25, 0.3) is 22.6 Å². The van der Waals surface area contributed by atoms with Gasteiger partial charge < -0.3 is 14.6 Å². The molecule has 8 nitrogen and oxygen atoms in total. The van der Waals surface area contributed by atoms with E-state index in [1.165, 1.54) is 11.3 Å². The molecule has 3 heterocycles. The Labute approximate surface area is 183 Å². The van der Waals surface area contributed by atoms with Gasteiger partial charge >= 0.3 is 0 Å². The first-order chi connectivity index (χ1) is 15.2. The van der Waals surface area contributed by atoms with Crippen molar-refractivity contribution >= 4 is 17.2 Å². The Bertz CT molecular complexity index is 1130. The Morgan fingerprint density at radius 3 is 2.68 bits per heavy atom. The van der Waals surface area contributed by atoms with Crippen molar-refractivity contribution in [2.45, 2.75) is 25.8 Å². The summed E-state index contributed by atoms with van der Waals surface area (Å²) in [4.78, 5) is 25.1. The molecule has 1 aromatic carbocycles. The number of rotatable bonds is 9. The fraction of sp³-hybridized carbons (Fsp3) is 0.227. The van der Waals surface area contributed by atoms with Crippen LogP contribution in [0, 0.1) is 0 Å². The molecule has 0 saturated carbocycles. The molecule has 0 aliphatic carbocycles. The molecule has 4 rings (SSSR count). The van der Waals surface area contributed by atoms with Crippen molar-refractivity contribution in [3.8, 4) is 28.4 Å². The van der Waals surface area contributed by atoms with E-state index in [-0.39, 0.29) is 5.91 Å². The van der Waals surface area contributed by atoms with Crippen LogP contribution in [0.3, 0.4) is 0 Å². The summed E-state index contributed by atoms with van der Waals surface area (Å²) in [6.07, 6.45) is 5.01. The maximum absolute atomic E-state index is 12.1. The molecule has 9 heteroatoms. The minimum absolute atomic E-state index is 0.0319. The maximum atomic E-state index is 12.1. The van der Waals surface area contributed by atoms with Gasteiger partial charge in [0, 0.05) is 41.7 Å². The van der Waals surface area contributed by atoms with Crippen LogP contribution in [-0.2, 0) is 17.8 Å². The third-order valence-corrected chi connectivity index (χ3v) is 5.42. The number of methoxy groups -OCH3 is 1. The molecule has 31 heavy (non-hydrogen) atoms. The summed E-state index contributed by atoms with van der Waals surface area (Å²) in [5, 5.41) is 9.76. The van der Waals surface area contributed by atoms with Crippen molar-refractivity contribution in [3.63, 3.8) is 0 Å². The Balaban J connectivity index is 1.21. The van der Waals surface area contributed by atoms with Gasteiger partial charge in [-0.3, -0.25) is 9.78 Å². The maximum Gasteiger partial charge on any atom is 0.226 e. The van der Waals surface area contributed by atoms with Crippen molar-refractivity contribution in [2.75, 3.05) is 7.11 Å². The van der Waals surface area contributed by atoms with Gasteiger partial charge in [0.1, 0.15) is 10.8 Å². The third kappa shape index (κ3) is 5.52. The molecule has 3 aromatic heterocycles. The molecule has 1 N–H and O–H groups in total. The van der Waals surface area contributed by atoms with E-state index in [4.69, 9.17) is 9.26 Å². The average molecular weight is 436 g/mol. The van der Waals surface area contributed by atoms with Crippen LogP contribution < -0.4 is 10.1 Å². The first-order valence-electron chi connectivity index (χ1n) is 9.80. The molecular formula is C22H21N5O3S. The van der Waals surface area contributed by atoms with E-state index in [2.05, 4.69) is 25.4 Å². The van der Waals surface area contributed by atoms with Gasteiger partial charge in [-0.1, -0.05) is 5.16 Å². The van der Waals surface area contributed by atoms with Crippen LogP contribution in [0.2, 0.25) is 0 Å². The minimum Gasteiger partial charge on any atom is -0.497 e. The lowest BCUT2D eigenvalue weighted by molar-refractivity contribution is -0.121. The third-order valence-electron chi connectivity index (χ3n) is 4.58. The number of pyridine rings is 1. The molecule has 4 aromatic rings. The average Bonchev–Trinajstić information content (AvgIpc) is 3.48. The molecule has 0 spiro atoms. The number of carbonyl (C=O) groups is 1. The van der Waals surface area contributed by atoms with Gasteiger partial charge in [-0.05, 0) is 42.8 Å².